The van der Waals surface area contributed by atoms with Crippen LogP contribution in [0.3, 0.4) is 0 Å². The van der Waals surface area contributed by atoms with Crippen molar-refractivity contribution in [1.29, 1.82) is 0 Å². The van der Waals surface area contributed by atoms with Gasteiger partial charge in [-0.2, -0.15) is 8.42 Å². The Kier molecular flexibility index (Phi) is 7.09. The van der Waals surface area contributed by atoms with E-state index in [1.54, 1.807) is 32.0 Å². The predicted molar refractivity (Wildman–Crippen MR) is 143 cm³/mol. The topological polar surface area (TPSA) is 98.2 Å². The van der Waals surface area contributed by atoms with Crippen LogP contribution in [-0.4, -0.2) is 24.3 Å². The minimum Gasteiger partial charge on any atom is -0.438 e. The maximum atomic E-state index is 14.2. The molecule has 0 saturated carbocycles. The smallest absolute Gasteiger partial charge is 0.281 e. The number of amides is 1. The number of sulfonamides is 1. The molecule has 1 amide bonds. The highest BCUT2D eigenvalue weighted by molar-refractivity contribution is 7.90. The van der Waals surface area contributed by atoms with Gasteiger partial charge in [-0.05, 0) is 81.6 Å². The highest BCUT2D eigenvalue weighted by atomic mass is 32.2. The molecule has 4 rings (SSSR count). The first-order chi connectivity index (χ1) is 17.4. The van der Waals surface area contributed by atoms with E-state index in [9.17, 15) is 17.6 Å². The van der Waals surface area contributed by atoms with Crippen molar-refractivity contribution in [2.24, 2.45) is 0 Å². The van der Waals surface area contributed by atoms with Gasteiger partial charge in [-0.15, -0.1) is 0 Å². The van der Waals surface area contributed by atoms with Crippen molar-refractivity contribution in [3.8, 4) is 22.9 Å². The third-order valence-electron chi connectivity index (χ3n) is 5.74. The number of benzene rings is 2. The van der Waals surface area contributed by atoms with E-state index < -0.39 is 21.7 Å². The first-order valence-corrected chi connectivity index (χ1v) is 13.0. The van der Waals surface area contributed by atoms with Gasteiger partial charge in [0.25, 0.3) is 15.9 Å². The molecule has 0 radical (unpaired) electrons. The summed E-state index contributed by atoms with van der Waals surface area (Å²) in [7, 11) is -4.26. The van der Waals surface area contributed by atoms with Gasteiger partial charge in [-0.1, -0.05) is 35.9 Å². The fourth-order valence-electron chi connectivity index (χ4n) is 3.93. The lowest BCUT2D eigenvalue weighted by atomic mass is 10.1. The summed E-state index contributed by atoms with van der Waals surface area (Å²) < 4.78 is 48.1. The van der Waals surface area contributed by atoms with E-state index in [1.165, 1.54) is 30.3 Å². The number of carbonyl (C=O) groups is 1. The van der Waals surface area contributed by atoms with E-state index in [2.05, 4.69) is 9.97 Å². The van der Waals surface area contributed by atoms with Crippen LogP contribution >= 0.6 is 0 Å². The summed E-state index contributed by atoms with van der Waals surface area (Å²) in [5.74, 6) is -0.957. The predicted octanol–water partition coefficient (Wildman–Crippen LogP) is 6.23. The van der Waals surface area contributed by atoms with Gasteiger partial charge < -0.3 is 4.74 Å². The Morgan fingerprint density at radius 3 is 2.24 bits per heavy atom. The first kappa shape index (κ1) is 26.0. The molecule has 0 saturated heterocycles. The van der Waals surface area contributed by atoms with Crippen LogP contribution in [0.5, 0.6) is 11.6 Å². The molecule has 194 valence electrons. The van der Waals surface area contributed by atoms with Crippen LogP contribution in [0.2, 0.25) is 0 Å². The zero-order chi connectivity index (χ0) is 26.9. The van der Waals surface area contributed by atoms with E-state index in [0.717, 1.165) is 16.7 Å². The summed E-state index contributed by atoms with van der Waals surface area (Å²) in [6, 6.07) is 15.9. The van der Waals surface area contributed by atoms with Crippen molar-refractivity contribution < 1.29 is 25.2 Å². The minimum atomic E-state index is -4.26. The zero-order valence-corrected chi connectivity index (χ0v) is 21.9. The van der Waals surface area contributed by atoms with Gasteiger partial charge in [0, 0.05) is 14.1 Å². The van der Waals surface area contributed by atoms with Gasteiger partial charge in [0.15, 0.2) is 5.03 Å². The fraction of sp³-hybridized carbons (Fsp3) is 0.179. The second kappa shape index (κ2) is 10.1. The van der Waals surface area contributed by atoms with E-state index >= 15 is 0 Å². The average molecular weight is 524 g/mol. The molecule has 0 aliphatic heterocycles. The van der Waals surface area contributed by atoms with Crippen LogP contribution in [0.1, 0.15) is 41.2 Å². The second-order valence-corrected chi connectivity index (χ2v) is 10.5. The Labute approximate surface area is 218 Å². The molecule has 0 bridgehead atoms. The van der Waals surface area contributed by atoms with Crippen LogP contribution in [-0.2, 0) is 10.0 Å². The maximum Gasteiger partial charge on any atom is 0.281 e. The van der Waals surface area contributed by atoms with Crippen molar-refractivity contribution in [3.05, 3.63) is 100.0 Å². The quantitative estimate of drug-likeness (QED) is 0.322. The highest BCUT2D eigenvalue weighted by Gasteiger charge is 2.25. The SMILES string of the molecule is Cc1cc(C)c(Oc2nc(-c3ccc(C)c(F)c3)ccc2C(=O)NS(=O)(=O)c2cccc(C)n2)c(C)c1.[HH].[HH]. The number of hydrogen-bond acceptors (Lipinski definition) is 6. The maximum absolute atomic E-state index is 14.2. The molecule has 7 nitrogen and oxygen atoms in total. The van der Waals surface area contributed by atoms with Gasteiger partial charge in [0.05, 0.1) is 5.69 Å². The van der Waals surface area contributed by atoms with Crippen LogP contribution in [0.25, 0.3) is 11.3 Å². The summed E-state index contributed by atoms with van der Waals surface area (Å²) in [5.41, 5.74) is 4.37. The molecule has 0 atom stereocenters. The van der Waals surface area contributed by atoms with Crippen molar-refractivity contribution >= 4 is 15.9 Å². The lowest BCUT2D eigenvalue weighted by Gasteiger charge is -2.16. The Morgan fingerprint density at radius 2 is 1.59 bits per heavy atom. The summed E-state index contributed by atoms with van der Waals surface area (Å²) in [6.45, 7) is 8.98. The number of nitrogens with zero attached hydrogens (tertiary/aromatic N) is 2. The molecule has 9 heteroatoms. The molecule has 0 spiro atoms. The number of carbonyl (C=O) groups excluding carboxylic acids is 1. The molecule has 1 N–H and O–H groups in total. The number of hydrogen-bond donors (Lipinski definition) is 1. The molecule has 2 aromatic heterocycles. The molecule has 0 aliphatic carbocycles. The molecular formula is C28H30FN3O4S. The standard InChI is InChI=1S/C28H26FN3O4S.2H2/c1-16-13-18(3)26(19(4)14-16)36-28-22(11-12-24(31-28)21-10-9-17(2)23(29)15-21)27(33)32-37(34,35)25-8-6-7-20(5)30-25;;/h6-15H,1-5H3,(H,32,33);2*1H. The molecular weight excluding hydrogens is 493 g/mol. The van der Waals surface area contributed by atoms with Crippen LogP contribution < -0.4 is 9.46 Å². The summed E-state index contributed by atoms with van der Waals surface area (Å²) in [6.07, 6.45) is 0. The number of ether oxygens (including phenoxy) is 1. The third-order valence-corrected chi connectivity index (χ3v) is 6.97. The molecule has 2 aromatic carbocycles. The minimum absolute atomic E-state index is 0. The average Bonchev–Trinajstić information content (AvgIpc) is 2.82. The Morgan fingerprint density at radius 1 is 0.892 bits per heavy atom. The molecule has 0 unspecified atom stereocenters. The number of rotatable bonds is 6. The lowest BCUT2D eigenvalue weighted by molar-refractivity contribution is 0.0978. The molecule has 0 aliphatic rings. The van der Waals surface area contributed by atoms with E-state index in [4.69, 9.17) is 4.74 Å². The Hall–Kier alpha value is -4.11. The Balaban J connectivity index is 0.00000267. The zero-order valence-electron chi connectivity index (χ0n) is 21.1. The lowest BCUT2D eigenvalue weighted by Crippen LogP contribution is -2.31. The van der Waals surface area contributed by atoms with Crippen LogP contribution in [0, 0.1) is 40.4 Å². The van der Waals surface area contributed by atoms with Gasteiger partial charge in [-0.25, -0.2) is 19.1 Å². The van der Waals surface area contributed by atoms with Crippen molar-refractivity contribution in [2.75, 3.05) is 0 Å². The summed E-state index contributed by atoms with van der Waals surface area (Å²) in [5, 5.41) is -0.284. The monoisotopic (exact) mass is 523 g/mol. The highest BCUT2D eigenvalue weighted by Crippen LogP contribution is 2.33. The van der Waals surface area contributed by atoms with Crippen molar-refractivity contribution in [1.82, 2.24) is 14.7 Å². The van der Waals surface area contributed by atoms with Gasteiger partial charge in [0.2, 0.25) is 5.88 Å². The van der Waals surface area contributed by atoms with E-state index in [-0.39, 0.29) is 19.3 Å². The number of halogens is 1. The number of nitrogens with one attached hydrogen (secondary N) is 1. The van der Waals surface area contributed by atoms with Gasteiger partial charge in [0.1, 0.15) is 17.1 Å². The van der Waals surface area contributed by atoms with E-state index in [1.807, 2.05) is 37.6 Å². The number of aromatic nitrogens is 2. The van der Waals surface area contributed by atoms with Crippen molar-refractivity contribution in [2.45, 2.75) is 39.6 Å². The van der Waals surface area contributed by atoms with Crippen molar-refractivity contribution in [3.63, 3.8) is 0 Å². The van der Waals surface area contributed by atoms with Crippen LogP contribution in [0.15, 0.2) is 65.7 Å². The van der Waals surface area contributed by atoms with Gasteiger partial charge in [-0.3, -0.25) is 4.79 Å². The molecule has 37 heavy (non-hydrogen) atoms. The normalized spacial score (nSPS) is 11.3. The number of pyridine rings is 2. The third kappa shape index (κ3) is 5.67. The van der Waals surface area contributed by atoms with E-state index in [0.29, 0.717) is 28.3 Å². The molecule has 2 heterocycles. The summed E-state index contributed by atoms with van der Waals surface area (Å²) >= 11 is 0. The number of aryl methyl sites for hydroxylation is 5. The second-order valence-electron chi connectivity index (χ2n) is 8.89. The summed E-state index contributed by atoms with van der Waals surface area (Å²) in [4.78, 5) is 21.7. The molecule has 0 fully saturated rings. The fourth-order valence-corrected chi connectivity index (χ4v) is 4.91. The van der Waals surface area contributed by atoms with Gasteiger partial charge >= 0.3 is 0 Å². The first-order valence-electron chi connectivity index (χ1n) is 11.5. The molecule has 4 aromatic rings. The van der Waals surface area contributed by atoms with Crippen LogP contribution in [0.4, 0.5) is 4.39 Å². The largest absolute Gasteiger partial charge is 0.438 e. The Bertz CT molecular complexity index is 1620.